The Morgan fingerprint density at radius 3 is 2.21 bits per heavy atom. The van der Waals surface area contributed by atoms with E-state index in [9.17, 15) is 26.3 Å². The largest absolute Gasteiger partial charge is 0.418 e. The van der Waals surface area contributed by atoms with Crippen LogP contribution in [0.25, 0.3) is 0 Å². The van der Waals surface area contributed by atoms with Gasteiger partial charge in [-0.25, -0.2) is 0 Å². The first-order valence-electron chi connectivity index (χ1n) is 8.54. The van der Waals surface area contributed by atoms with Crippen molar-refractivity contribution in [2.24, 2.45) is 0 Å². The molecule has 1 saturated heterocycles. The zero-order chi connectivity index (χ0) is 20.4. The molecule has 0 amide bonds. The Labute approximate surface area is 167 Å². The van der Waals surface area contributed by atoms with Crippen LogP contribution >= 0.6 is 23.5 Å². The zero-order valence-corrected chi connectivity index (χ0v) is 16.2. The highest BCUT2D eigenvalue weighted by atomic mass is 32.2. The summed E-state index contributed by atoms with van der Waals surface area (Å²) in [4.78, 5) is -0.0199. The Balaban J connectivity index is 1.88. The lowest BCUT2D eigenvalue weighted by Gasteiger charge is -2.24. The molecule has 0 atom stereocenters. The van der Waals surface area contributed by atoms with Crippen LogP contribution in [0.1, 0.15) is 24.0 Å². The van der Waals surface area contributed by atoms with Gasteiger partial charge in [-0.3, -0.25) is 0 Å². The molecule has 0 aromatic heterocycles. The smallest absolute Gasteiger partial charge is 0.382 e. The minimum atomic E-state index is -5.11. The van der Waals surface area contributed by atoms with Gasteiger partial charge in [0.2, 0.25) is 0 Å². The average Bonchev–Trinajstić information content (AvgIpc) is 2.61. The van der Waals surface area contributed by atoms with Gasteiger partial charge in [0.25, 0.3) is 0 Å². The second kappa shape index (κ2) is 8.49. The summed E-state index contributed by atoms with van der Waals surface area (Å²) in [5, 5.41) is 3.36. The minimum absolute atomic E-state index is 0.292. The van der Waals surface area contributed by atoms with Crippen LogP contribution in [-0.2, 0) is 12.4 Å². The van der Waals surface area contributed by atoms with Crippen molar-refractivity contribution < 1.29 is 26.3 Å². The number of hydrogen-bond acceptors (Lipinski definition) is 3. The lowest BCUT2D eigenvalue weighted by Crippen LogP contribution is -2.24. The molecular formula is C19H17F6NS2. The van der Waals surface area contributed by atoms with E-state index in [1.165, 1.54) is 0 Å². The molecule has 0 unspecified atom stereocenters. The third-order valence-corrected chi connectivity index (χ3v) is 6.37. The summed E-state index contributed by atoms with van der Waals surface area (Å²) < 4.78 is 79.5. The van der Waals surface area contributed by atoms with Crippen molar-refractivity contribution in [3.8, 4) is 0 Å². The van der Waals surface area contributed by atoms with Crippen LogP contribution in [0.3, 0.4) is 0 Å². The number of thioether (sulfide) groups is 1. The van der Waals surface area contributed by atoms with E-state index < -0.39 is 28.4 Å². The van der Waals surface area contributed by atoms with E-state index in [4.69, 9.17) is 0 Å². The fraction of sp³-hybridized carbons (Fsp3) is 0.368. The molecule has 1 fully saturated rings. The van der Waals surface area contributed by atoms with Crippen molar-refractivity contribution in [3.63, 3.8) is 0 Å². The number of anilines is 1. The number of hydrogen-bond donors (Lipinski definition) is 1. The van der Waals surface area contributed by atoms with Crippen molar-refractivity contribution in [2.45, 2.75) is 41.0 Å². The molecule has 2 aromatic rings. The number of halogens is 6. The fourth-order valence-electron chi connectivity index (χ4n) is 3.00. The van der Waals surface area contributed by atoms with Gasteiger partial charge in [0, 0.05) is 21.5 Å². The fourth-order valence-corrected chi connectivity index (χ4v) is 5.17. The van der Waals surface area contributed by atoms with Crippen LogP contribution in [0.2, 0.25) is 0 Å². The van der Waals surface area contributed by atoms with Gasteiger partial charge in [0.1, 0.15) is 0 Å². The molecule has 0 bridgehead atoms. The van der Waals surface area contributed by atoms with Crippen LogP contribution in [0.4, 0.5) is 32.0 Å². The first kappa shape index (κ1) is 21.2. The Bertz CT molecular complexity index is 813. The predicted molar refractivity (Wildman–Crippen MR) is 101 cm³/mol. The SMILES string of the molecule is FC(F)(F)c1cccc(Sc2cccc(NC3CCSCC3)c2)c1C(F)(F)F. The van der Waals surface area contributed by atoms with E-state index in [1.54, 1.807) is 18.2 Å². The van der Waals surface area contributed by atoms with Gasteiger partial charge in [-0.05, 0) is 54.7 Å². The summed E-state index contributed by atoms with van der Waals surface area (Å²) in [5.41, 5.74) is -2.56. The van der Waals surface area contributed by atoms with Crippen molar-refractivity contribution in [1.29, 1.82) is 0 Å². The summed E-state index contributed by atoms with van der Waals surface area (Å²) in [7, 11) is 0. The van der Waals surface area contributed by atoms with Crippen LogP contribution in [0, 0.1) is 0 Å². The summed E-state index contributed by atoms with van der Waals surface area (Å²) in [6.07, 6.45) is -8.20. The highest BCUT2D eigenvalue weighted by Gasteiger charge is 2.44. The number of rotatable bonds is 4. The molecule has 1 heterocycles. The lowest BCUT2D eigenvalue weighted by atomic mass is 10.1. The van der Waals surface area contributed by atoms with E-state index in [-0.39, 0.29) is 0 Å². The third-order valence-electron chi connectivity index (χ3n) is 4.27. The number of alkyl halides is 6. The zero-order valence-electron chi connectivity index (χ0n) is 14.5. The van der Waals surface area contributed by atoms with Crippen molar-refractivity contribution in [3.05, 3.63) is 53.6 Å². The topological polar surface area (TPSA) is 12.0 Å². The van der Waals surface area contributed by atoms with Crippen molar-refractivity contribution >= 4 is 29.2 Å². The van der Waals surface area contributed by atoms with Crippen molar-refractivity contribution in [1.82, 2.24) is 0 Å². The Hall–Kier alpha value is -1.48. The normalized spacial score (nSPS) is 16.2. The Morgan fingerprint density at radius 2 is 1.57 bits per heavy atom. The van der Waals surface area contributed by atoms with E-state index in [0.717, 1.165) is 42.2 Å². The maximum atomic E-state index is 13.4. The molecule has 9 heteroatoms. The summed E-state index contributed by atoms with van der Waals surface area (Å²) in [5.74, 6) is 2.09. The van der Waals surface area contributed by atoms with Crippen LogP contribution in [0.5, 0.6) is 0 Å². The molecule has 0 saturated carbocycles. The molecular weight excluding hydrogens is 420 g/mol. The van der Waals surface area contributed by atoms with Gasteiger partial charge in [0.15, 0.2) is 0 Å². The molecule has 2 aromatic carbocycles. The number of nitrogens with one attached hydrogen (secondary N) is 1. The standard InChI is InChI=1S/C19H17F6NS2/c20-18(21,22)15-5-2-6-16(17(15)19(23,24)25)28-14-4-1-3-13(11-14)26-12-7-9-27-10-8-12/h1-6,11-12,26H,7-10H2. The monoisotopic (exact) mass is 437 g/mol. The van der Waals surface area contributed by atoms with E-state index in [0.29, 0.717) is 28.8 Å². The van der Waals surface area contributed by atoms with Crippen LogP contribution in [0.15, 0.2) is 52.3 Å². The highest BCUT2D eigenvalue weighted by molar-refractivity contribution is 7.99. The van der Waals surface area contributed by atoms with Gasteiger partial charge in [-0.2, -0.15) is 38.1 Å². The molecule has 3 rings (SSSR count). The molecule has 1 nitrogen and oxygen atoms in total. The molecule has 1 aliphatic rings. The molecule has 152 valence electrons. The predicted octanol–water partition coefficient (Wildman–Crippen LogP) is 7.18. The van der Waals surface area contributed by atoms with E-state index in [2.05, 4.69) is 5.32 Å². The second-order valence-electron chi connectivity index (χ2n) is 6.34. The lowest BCUT2D eigenvalue weighted by molar-refractivity contribution is -0.163. The van der Waals surface area contributed by atoms with Crippen molar-refractivity contribution in [2.75, 3.05) is 16.8 Å². The quantitative estimate of drug-likeness (QED) is 0.509. The molecule has 28 heavy (non-hydrogen) atoms. The van der Waals surface area contributed by atoms with E-state index >= 15 is 0 Å². The van der Waals surface area contributed by atoms with E-state index in [1.807, 2.05) is 17.8 Å². The van der Waals surface area contributed by atoms with Gasteiger partial charge in [-0.15, -0.1) is 0 Å². The molecule has 0 spiro atoms. The molecule has 1 aliphatic heterocycles. The van der Waals surface area contributed by atoms with Crippen LogP contribution < -0.4 is 5.32 Å². The van der Waals surface area contributed by atoms with Gasteiger partial charge < -0.3 is 5.32 Å². The first-order chi connectivity index (χ1) is 13.1. The third kappa shape index (κ3) is 5.31. The van der Waals surface area contributed by atoms with Crippen LogP contribution in [-0.4, -0.2) is 17.5 Å². The highest BCUT2D eigenvalue weighted by Crippen LogP contribution is 2.46. The van der Waals surface area contributed by atoms with Gasteiger partial charge in [0.05, 0.1) is 11.1 Å². The first-order valence-corrected chi connectivity index (χ1v) is 10.5. The molecule has 0 aliphatic carbocycles. The summed E-state index contributed by atoms with van der Waals surface area (Å²) >= 11 is 2.56. The summed E-state index contributed by atoms with van der Waals surface area (Å²) in [6, 6.07) is 9.58. The molecule has 1 N–H and O–H groups in total. The Morgan fingerprint density at radius 1 is 0.893 bits per heavy atom. The average molecular weight is 437 g/mol. The summed E-state index contributed by atoms with van der Waals surface area (Å²) in [6.45, 7) is 0. The van der Waals surface area contributed by atoms with Gasteiger partial charge in [-0.1, -0.05) is 23.9 Å². The maximum Gasteiger partial charge on any atom is 0.418 e. The minimum Gasteiger partial charge on any atom is -0.382 e. The Kier molecular flexibility index (Phi) is 6.44. The number of benzene rings is 2. The molecule has 0 radical (unpaired) electrons. The second-order valence-corrected chi connectivity index (χ2v) is 8.68. The maximum absolute atomic E-state index is 13.4. The van der Waals surface area contributed by atoms with Gasteiger partial charge >= 0.3 is 12.4 Å².